The Morgan fingerprint density at radius 3 is 2.90 bits per heavy atom. The Balaban J connectivity index is 1.56. The van der Waals surface area contributed by atoms with Crippen LogP contribution in [-0.4, -0.2) is 71.8 Å². The Hall–Kier alpha value is -2.51. The molecule has 2 saturated heterocycles. The zero-order chi connectivity index (χ0) is 19.8. The van der Waals surface area contributed by atoms with Crippen molar-refractivity contribution < 1.29 is 4.74 Å². The second-order valence-corrected chi connectivity index (χ2v) is 8.20. The Labute approximate surface area is 171 Å². The van der Waals surface area contributed by atoms with E-state index in [4.69, 9.17) is 19.7 Å². The molecule has 7 heteroatoms. The molecular formula is C22H28N6O. The quantitative estimate of drug-likeness (QED) is 0.684. The Morgan fingerprint density at radius 1 is 1.17 bits per heavy atom. The van der Waals surface area contributed by atoms with Crippen molar-refractivity contribution in [2.45, 2.75) is 31.8 Å². The van der Waals surface area contributed by atoms with E-state index in [0.29, 0.717) is 24.6 Å². The van der Waals surface area contributed by atoms with Gasteiger partial charge >= 0.3 is 0 Å². The summed E-state index contributed by atoms with van der Waals surface area (Å²) in [4.78, 5) is 19.1. The fourth-order valence-corrected chi connectivity index (χ4v) is 4.43. The molecule has 2 atom stereocenters. The van der Waals surface area contributed by atoms with Gasteiger partial charge in [-0.05, 0) is 39.4 Å². The van der Waals surface area contributed by atoms with Gasteiger partial charge in [0.2, 0.25) is 11.8 Å². The van der Waals surface area contributed by atoms with Crippen LogP contribution in [0.25, 0.3) is 21.8 Å². The minimum Gasteiger partial charge on any atom is -0.475 e. The van der Waals surface area contributed by atoms with Crippen molar-refractivity contribution in [3.8, 4) is 5.88 Å². The van der Waals surface area contributed by atoms with E-state index < -0.39 is 0 Å². The normalized spacial score (nSPS) is 23.2. The summed E-state index contributed by atoms with van der Waals surface area (Å²) in [6.07, 6.45) is 4.29. The number of likely N-dealkylation sites (tertiary alicyclic amines) is 1. The average molecular weight is 393 g/mol. The summed E-state index contributed by atoms with van der Waals surface area (Å²) in [6.45, 7) is 6.79. The molecule has 5 rings (SSSR count). The summed E-state index contributed by atoms with van der Waals surface area (Å²) in [7, 11) is 2.16. The van der Waals surface area contributed by atoms with E-state index in [0.717, 1.165) is 53.9 Å². The van der Waals surface area contributed by atoms with Gasteiger partial charge in [-0.3, -0.25) is 0 Å². The van der Waals surface area contributed by atoms with Gasteiger partial charge < -0.3 is 19.9 Å². The van der Waals surface area contributed by atoms with Gasteiger partial charge in [-0.15, -0.1) is 0 Å². The molecule has 0 spiro atoms. The molecule has 1 aromatic carbocycles. The van der Waals surface area contributed by atoms with Gasteiger partial charge in [0.15, 0.2) is 0 Å². The van der Waals surface area contributed by atoms with E-state index in [1.165, 1.54) is 12.8 Å². The third-order valence-electron chi connectivity index (χ3n) is 6.23. The summed E-state index contributed by atoms with van der Waals surface area (Å²) in [5, 5.41) is 5.35. The van der Waals surface area contributed by atoms with E-state index >= 15 is 0 Å². The van der Waals surface area contributed by atoms with Crippen molar-refractivity contribution in [1.29, 1.82) is 0 Å². The number of hydrogen-bond acceptors (Lipinski definition) is 7. The van der Waals surface area contributed by atoms with Crippen LogP contribution >= 0.6 is 0 Å². The Morgan fingerprint density at radius 2 is 2.07 bits per heavy atom. The highest BCUT2D eigenvalue weighted by atomic mass is 16.5. The molecule has 0 aliphatic carbocycles. The first-order valence-electron chi connectivity index (χ1n) is 10.6. The van der Waals surface area contributed by atoms with Crippen molar-refractivity contribution in [2.24, 2.45) is 0 Å². The molecule has 1 N–H and O–H groups in total. The number of piperazine rings is 1. The maximum atomic E-state index is 6.23. The molecule has 0 amide bonds. The van der Waals surface area contributed by atoms with E-state index in [9.17, 15) is 0 Å². The number of para-hydroxylation sites is 1. The highest BCUT2D eigenvalue weighted by Crippen LogP contribution is 2.31. The van der Waals surface area contributed by atoms with Gasteiger partial charge in [-0.25, -0.2) is 15.0 Å². The van der Waals surface area contributed by atoms with Crippen LogP contribution in [0.1, 0.15) is 19.8 Å². The number of nitrogens with zero attached hydrogens (tertiary/aromatic N) is 5. The maximum Gasteiger partial charge on any atom is 0.226 e. The SMILES string of the molecule is C[C@H]1CNCCN1c1ncc2c(OC[C@@H]3CCCN3C)nc3ccccc3c2n1. The summed E-state index contributed by atoms with van der Waals surface area (Å²) >= 11 is 0. The topological polar surface area (TPSA) is 66.4 Å². The van der Waals surface area contributed by atoms with Gasteiger partial charge in [0, 0.05) is 43.3 Å². The number of ether oxygens (including phenoxy) is 1. The lowest BCUT2D eigenvalue weighted by molar-refractivity contribution is 0.195. The minimum atomic E-state index is 0.364. The van der Waals surface area contributed by atoms with Gasteiger partial charge in [0.05, 0.1) is 16.4 Å². The first-order valence-corrected chi connectivity index (χ1v) is 10.6. The lowest BCUT2D eigenvalue weighted by Crippen LogP contribution is -2.50. The number of likely N-dealkylation sites (N-methyl/N-ethyl adjacent to an activating group) is 1. The molecule has 29 heavy (non-hydrogen) atoms. The fraction of sp³-hybridized carbons (Fsp3) is 0.500. The molecule has 2 aliphatic rings. The zero-order valence-corrected chi connectivity index (χ0v) is 17.1. The molecule has 2 aliphatic heterocycles. The summed E-state index contributed by atoms with van der Waals surface area (Å²) < 4.78 is 6.23. The molecule has 0 bridgehead atoms. The summed E-state index contributed by atoms with van der Waals surface area (Å²) in [6, 6.07) is 8.96. The Bertz CT molecular complexity index is 1020. The first-order chi connectivity index (χ1) is 14.2. The lowest BCUT2D eigenvalue weighted by Gasteiger charge is -2.34. The number of pyridine rings is 1. The molecule has 0 saturated carbocycles. The van der Waals surface area contributed by atoms with Gasteiger partial charge in [-0.1, -0.05) is 18.2 Å². The number of anilines is 1. The summed E-state index contributed by atoms with van der Waals surface area (Å²) in [5.74, 6) is 1.42. The number of nitrogens with one attached hydrogen (secondary N) is 1. The fourth-order valence-electron chi connectivity index (χ4n) is 4.43. The third-order valence-corrected chi connectivity index (χ3v) is 6.23. The van der Waals surface area contributed by atoms with Crippen LogP contribution in [0.3, 0.4) is 0 Å². The standard InChI is InChI=1S/C22H28N6O/c1-15-12-23-9-11-28(15)22-24-13-18-20(26-22)17-7-3-4-8-19(17)25-21(18)29-14-16-6-5-10-27(16)2/h3-4,7-8,13,15-16,23H,5-6,9-12,14H2,1-2H3/t15-,16-/m0/s1. The average Bonchev–Trinajstić information content (AvgIpc) is 3.16. The highest BCUT2D eigenvalue weighted by molar-refractivity contribution is 6.05. The number of fused-ring (bicyclic) bond motifs is 3. The predicted octanol–water partition coefficient (Wildman–Crippen LogP) is 2.45. The molecule has 0 unspecified atom stereocenters. The predicted molar refractivity (Wildman–Crippen MR) is 116 cm³/mol. The zero-order valence-electron chi connectivity index (χ0n) is 17.1. The number of hydrogen-bond donors (Lipinski definition) is 1. The van der Waals surface area contributed by atoms with Crippen molar-refractivity contribution in [3.63, 3.8) is 0 Å². The van der Waals surface area contributed by atoms with Crippen molar-refractivity contribution in [3.05, 3.63) is 30.5 Å². The lowest BCUT2D eigenvalue weighted by atomic mass is 10.1. The molecule has 4 heterocycles. The van der Waals surface area contributed by atoms with Crippen LogP contribution in [0.5, 0.6) is 5.88 Å². The minimum absolute atomic E-state index is 0.364. The van der Waals surface area contributed by atoms with E-state index in [1.807, 2.05) is 24.4 Å². The molecule has 2 aromatic heterocycles. The van der Waals surface area contributed by atoms with Crippen molar-refractivity contribution in [1.82, 2.24) is 25.2 Å². The molecule has 152 valence electrons. The van der Waals surface area contributed by atoms with Crippen molar-refractivity contribution >= 4 is 27.8 Å². The van der Waals surface area contributed by atoms with E-state index in [2.05, 4.69) is 35.2 Å². The second-order valence-electron chi connectivity index (χ2n) is 8.20. The molecule has 3 aromatic rings. The number of aromatic nitrogens is 3. The van der Waals surface area contributed by atoms with Gasteiger partial charge in [-0.2, -0.15) is 0 Å². The third kappa shape index (κ3) is 3.49. The first kappa shape index (κ1) is 18.5. The van der Waals surface area contributed by atoms with Gasteiger partial charge in [0.25, 0.3) is 0 Å². The van der Waals surface area contributed by atoms with Crippen LogP contribution in [0.4, 0.5) is 5.95 Å². The second kappa shape index (κ2) is 7.72. The largest absolute Gasteiger partial charge is 0.475 e. The van der Waals surface area contributed by atoms with Crippen LogP contribution in [-0.2, 0) is 0 Å². The molecular weight excluding hydrogens is 364 g/mol. The van der Waals surface area contributed by atoms with E-state index in [1.54, 1.807) is 0 Å². The number of benzene rings is 1. The van der Waals surface area contributed by atoms with Crippen LogP contribution < -0.4 is 15.0 Å². The monoisotopic (exact) mass is 392 g/mol. The number of rotatable bonds is 4. The van der Waals surface area contributed by atoms with Gasteiger partial charge in [0.1, 0.15) is 6.61 Å². The molecule has 0 radical (unpaired) electrons. The van der Waals surface area contributed by atoms with Crippen LogP contribution in [0.15, 0.2) is 30.5 Å². The molecule has 7 nitrogen and oxygen atoms in total. The van der Waals surface area contributed by atoms with Crippen LogP contribution in [0, 0.1) is 0 Å². The Kier molecular flexibility index (Phi) is 4.93. The summed E-state index contributed by atoms with van der Waals surface area (Å²) in [5.41, 5.74) is 1.83. The molecule has 2 fully saturated rings. The maximum absolute atomic E-state index is 6.23. The smallest absolute Gasteiger partial charge is 0.226 e. The van der Waals surface area contributed by atoms with Crippen molar-refractivity contribution in [2.75, 3.05) is 44.7 Å². The van der Waals surface area contributed by atoms with E-state index in [-0.39, 0.29) is 0 Å². The highest BCUT2D eigenvalue weighted by Gasteiger charge is 2.24. The van der Waals surface area contributed by atoms with Crippen LogP contribution in [0.2, 0.25) is 0 Å².